The predicted octanol–water partition coefficient (Wildman–Crippen LogP) is 2.23. The van der Waals surface area contributed by atoms with Crippen LogP contribution in [0.2, 0.25) is 0 Å². The molecule has 0 unspecified atom stereocenters. The topological polar surface area (TPSA) is 87.5 Å². The van der Waals surface area contributed by atoms with Crippen LogP contribution in [0, 0.1) is 0 Å². The first-order valence-electron chi connectivity index (χ1n) is 10.6. The Balaban J connectivity index is 1.87. The highest BCUT2D eigenvalue weighted by Crippen LogP contribution is 2.28. The number of carbonyl (C=O) groups is 3. The van der Waals surface area contributed by atoms with Crippen molar-refractivity contribution in [1.29, 1.82) is 0 Å². The molecule has 174 valence electrons. The van der Waals surface area contributed by atoms with Crippen molar-refractivity contribution in [1.82, 2.24) is 19.2 Å². The predicted molar refractivity (Wildman–Crippen MR) is 125 cm³/mol. The first-order valence-corrected chi connectivity index (χ1v) is 10.6. The zero-order chi connectivity index (χ0) is 24.1. The second kappa shape index (κ2) is 10.2. The molecule has 0 saturated carbocycles. The Labute approximate surface area is 193 Å². The lowest BCUT2D eigenvalue weighted by molar-refractivity contribution is -0.128. The molecule has 0 aliphatic carbocycles. The van der Waals surface area contributed by atoms with Gasteiger partial charge >= 0.3 is 0 Å². The van der Waals surface area contributed by atoms with Crippen LogP contribution in [0.4, 0.5) is 5.82 Å². The summed E-state index contributed by atoms with van der Waals surface area (Å²) in [5, 5.41) is 0. The summed E-state index contributed by atoms with van der Waals surface area (Å²) in [5.41, 5.74) is 2.77. The molecule has 2 heterocycles. The molecule has 0 radical (unpaired) electrons. The number of imidazole rings is 1. The van der Waals surface area contributed by atoms with E-state index in [1.54, 1.807) is 50.9 Å². The number of amides is 3. The normalized spacial score (nSPS) is 10.7. The van der Waals surface area contributed by atoms with Crippen LogP contribution in [-0.4, -0.2) is 72.1 Å². The minimum atomic E-state index is -0.192. The van der Waals surface area contributed by atoms with Crippen LogP contribution in [0.25, 0.3) is 5.65 Å². The number of hydrogen-bond acceptors (Lipinski definition) is 5. The van der Waals surface area contributed by atoms with E-state index in [0.717, 1.165) is 5.56 Å². The van der Waals surface area contributed by atoms with E-state index >= 15 is 0 Å². The summed E-state index contributed by atoms with van der Waals surface area (Å²) in [4.78, 5) is 45.1. The average Bonchev–Trinajstić information content (AvgIpc) is 3.19. The van der Waals surface area contributed by atoms with Gasteiger partial charge in [-0.05, 0) is 36.2 Å². The number of ether oxygens (including phenoxy) is 1. The Hall–Kier alpha value is -3.88. The maximum Gasteiger partial charge on any atom is 0.253 e. The lowest BCUT2D eigenvalue weighted by atomic mass is 10.1. The van der Waals surface area contributed by atoms with Crippen molar-refractivity contribution in [2.75, 3.05) is 39.6 Å². The van der Waals surface area contributed by atoms with Gasteiger partial charge in [0.15, 0.2) is 11.4 Å². The first kappa shape index (κ1) is 23.8. The number of pyridine rings is 1. The molecule has 3 amide bonds. The van der Waals surface area contributed by atoms with Gasteiger partial charge in [0.2, 0.25) is 12.3 Å². The second-order valence-corrected chi connectivity index (χ2v) is 8.01. The third kappa shape index (κ3) is 5.14. The number of fused-ring (bicyclic) bond motifs is 1. The highest BCUT2D eigenvalue weighted by molar-refractivity contribution is 5.93. The highest BCUT2D eigenvalue weighted by atomic mass is 16.5. The van der Waals surface area contributed by atoms with E-state index < -0.39 is 0 Å². The molecule has 0 N–H and O–H groups in total. The first-order chi connectivity index (χ1) is 15.8. The SMILES string of the molecule is CCc1nc2c(OCc3ccc(C(=O)N(C)C)cc3)cccn2c1N(C=O)CC(=O)N(C)C. The third-order valence-electron chi connectivity index (χ3n) is 5.20. The van der Waals surface area contributed by atoms with Crippen LogP contribution in [-0.2, 0) is 22.6 Å². The van der Waals surface area contributed by atoms with Crippen LogP contribution in [0.5, 0.6) is 5.75 Å². The van der Waals surface area contributed by atoms with Crippen LogP contribution < -0.4 is 9.64 Å². The van der Waals surface area contributed by atoms with Crippen molar-refractivity contribution in [3.8, 4) is 5.75 Å². The van der Waals surface area contributed by atoms with Crippen molar-refractivity contribution in [2.45, 2.75) is 20.0 Å². The quantitative estimate of drug-likeness (QED) is 0.466. The van der Waals surface area contributed by atoms with E-state index in [0.29, 0.717) is 41.3 Å². The summed E-state index contributed by atoms with van der Waals surface area (Å²) in [6.07, 6.45) is 3.02. The minimum Gasteiger partial charge on any atom is -0.485 e. The Morgan fingerprint density at radius 3 is 2.33 bits per heavy atom. The molecule has 9 nitrogen and oxygen atoms in total. The van der Waals surface area contributed by atoms with Gasteiger partial charge in [0, 0.05) is 40.0 Å². The third-order valence-corrected chi connectivity index (χ3v) is 5.20. The van der Waals surface area contributed by atoms with Gasteiger partial charge in [-0.15, -0.1) is 0 Å². The summed E-state index contributed by atoms with van der Waals surface area (Å²) in [7, 11) is 6.72. The molecule has 0 aliphatic heterocycles. The lowest BCUT2D eigenvalue weighted by Crippen LogP contribution is -2.36. The minimum absolute atomic E-state index is 0.0586. The molecule has 3 rings (SSSR count). The van der Waals surface area contributed by atoms with Gasteiger partial charge in [-0.3, -0.25) is 23.7 Å². The van der Waals surface area contributed by atoms with Crippen LogP contribution in [0.1, 0.15) is 28.5 Å². The standard InChI is InChI=1S/C24H29N5O4/c1-6-19-23(28(16-30)14-21(31)26(2)3)29-13-7-8-20(22(29)25-19)33-15-17-9-11-18(12-10-17)24(32)27(4)5/h7-13,16H,6,14-15H2,1-5H3. The molecular formula is C24H29N5O4. The van der Waals surface area contributed by atoms with E-state index in [1.807, 2.05) is 31.2 Å². The van der Waals surface area contributed by atoms with Crippen LogP contribution >= 0.6 is 0 Å². The van der Waals surface area contributed by atoms with Crippen molar-refractivity contribution in [3.63, 3.8) is 0 Å². The number of benzene rings is 1. The Morgan fingerprint density at radius 1 is 1.06 bits per heavy atom. The van der Waals surface area contributed by atoms with E-state index in [9.17, 15) is 14.4 Å². The fraction of sp³-hybridized carbons (Fsp3) is 0.333. The second-order valence-electron chi connectivity index (χ2n) is 8.01. The maximum absolute atomic E-state index is 12.2. The van der Waals surface area contributed by atoms with E-state index in [2.05, 4.69) is 4.98 Å². The number of aromatic nitrogens is 2. The van der Waals surface area contributed by atoms with Crippen molar-refractivity contribution in [3.05, 3.63) is 59.4 Å². The van der Waals surface area contributed by atoms with Crippen molar-refractivity contribution in [2.24, 2.45) is 0 Å². The molecule has 33 heavy (non-hydrogen) atoms. The molecule has 9 heteroatoms. The number of anilines is 1. The van der Waals surface area contributed by atoms with E-state index in [1.165, 1.54) is 14.7 Å². The fourth-order valence-corrected chi connectivity index (χ4v) is 3.34. The van der Waals surface area contributed by atoms with Gasteiger partial charge in [0.05, 0.1) is 5.69 Å². The summed E-state index contributed by atoms with van der Waals surface area (Å²) in [6.45, 7) is 2.15. The molecule has 0 atom stereocenters. The van der Waals surface area contributed by atoms with Crippen molar-refractivity contribution >= 4 is 29.7 Å². The van der Waals surface area contributed by atoms with Crippen LogP contribution in [0.15, 0.2) is 42.6 Å². The average molecular weight is 452 g/mol. The molecule has 3 aromatic rings. The number of likely N-dealkylation sites (N-methyl/N-ethyl adjacent to an activating group) is 1. The molecule has 1 aromatic carbocycles. The molecule has 0 bridgehead atoms. The van der Waals surface area contributed by atoms with E-state index in [4.69, 9.17) is 4.74 Å². The fourth-order valence-electron chi connectivity index (χ4n) is 3.34. The Morgan fingerprint density at radius 2 is 1.76 bits per heavy atom. The maximum atomic E-state index is 12.2. The molecule has 0 fully saturated rings. The number of aryl methyl sites for hydroxylation is 1. The molecule has 0 saturated heterocycles. The van der Waals surface area contributed by atoms with E-state index in [-0.39, 0.29) is 25.0 Å². The van der Waals surface area contributed by atoms with Gasteiger partial charge in [-0.1, -0.05) is 19.1 Å². The van der Waals surface area contributed by atoms with Gasteiger partial charge < -0.3 is 14.5 Å². The summed E-state index contributed by atoms with van der Waals surface area (Å²) in [5.74, 6) is 0.853. The van der Waals surface area contributed by atoms with Gasteiger partial charge in [0.1, 0.15) is 19.0 Å². The van der Waals surface area contributed by atoms with Gasteiger partial charge in [-0.2, -0.15) is 0 Å². The number of nitrogens with zero attached hydrogens (tertiary/aromatic N) is 5. The van der Waals surface area contributed by atoms with Crippen molar-refractivity contribution < 1.29 is 19.1 Å². The summed E-state index contributed by atoms with van der Waals surface area (Å²) >= 11 is 0. The zero-order valence-electron chi connectivity index (χ0n) is 19.6. The molecule has 0 aliphatic rings. The Kier molecular flexibility index (Phi) is 7.32. The zero-order valence-corrected chi connectivity index (χ0v) is 19.6. The van der Waals surface area contributed by atoms with Gasteiger partial charge in [0.25, 0.3) is 5.91 Å². The summed E-state index contributed by atoms with van der Waals surface area (Å²) < 4.78 is 7.81. The largest absolute Gasteiger partial charge is 0.485 e. The molecule has 2 aromatic heterocycles. The number of rotatable bonds is 9. The summed E-state index contributed by atoms with van der Waals surface area (Å²) in [6, 6.07) is 10.9. The van der Waals surface area contributed by atoms with Gasteiger partial charge in [-0.25, -0.2) is 4.98 Å². The number of carbonyl (C=O) groups excluding carboxylic acids is 3. The molecule has 0 spiro atoms. The monoisotopic (exact) mass is 451 g/mol. The smallest absolute Gasteiger partial charge is 0.253 e. The highest BCUT2D eigenvalue weighted by Gasteiger charge is 2.22. The Bertz CT molecular complexity index is 1150. The number of hydrogen-bond donors (Lipinski definition) is 0. The lowest BCUT2D eigenvalue weighted by Gasteiger charge is -2.20. The van der Waals surface area contributed by atoms with Crippen LogP contribution in [0.3, 0.4) is 0 Å². The molecular weight excluding hydrogens is 422 g/mol.